The van der Waals surface area contributed by atoms with Gasteiger partial charge in [-0.05, 0) is 37.1 Å². The fraction of sp³-hybridized carbons (Fsp3) is 0.174. The van der Waals surface area contributed by atoms with E-state index in [-0.39, 0.29) is 11.2 Å². The lowest BCUT2D eigenvalue weighted by atomic mass is 10.1. The molecule has 0 radical (unpaired) electrons. The summed E-state index contributed by atoms with van der Waals surface area (Å²) in [5.74, 6) is 0.629. The number of imidazole rings is 1. The quantitative estimate of drug-likeness (QED) is 0.572. The first kappa shape index (κ1) is 17.4. The van der Waals surface area contributed by atoms with E-state index in [4.69, 9.17) is 9.40 Å². The highest BCUT2D eigenvalue weighted by Crippen LogP contribution is 2.25. The van der Waals surface area contributed by atoms with Crippen molar-refractivity contribution in [1.29, 1.82) is 0 Å². The Labute approximate surface area is 166 Å². The van der Waals surface area contributed by atoms with Crippen molar-refractivity contribution < 1.29 is 9.21 Å². The van der Waals surface area contributed by atoms with Crippen molar-refractivity contribution in [3.05, 3.63) is 82.6 Å². The molecular formula is C23H19N3O3. The van der Waals surface area contributed by atoms with Crippen molar-refractivity contribution in [3.8, 4) is 11.3 Å². The van der Waals surface area contributed by atoms with Crippen molar-refractivity contribution in [3.63, 3.8) is 0 Å². The predicted molar refractivity (Wildman–Crippen MR) is 111 cm³/mol. The first-order valence-corrected chi connectivity index (χ1v) is 9.68. The van der Waals surface area contributed by atoms with E-state index in [1.54, 1.807) is 30.3 Å². The SMILES string of the molecule is O=C(Nc1cccc(-c2cn3c(n2)CCCC3)c1)c1cc(=O)c2ccccc2o1. The molecule has 0 saturated carbocycles. The zero-order valence-corrected chi connectivity index (χ0v) is 15.7. The third-order valence-electron chi connectivity index (χ3n) is 5.18. The third-order valence-corrected chi connectivity index (χ3v) is 5.18. The summed E-state index contributed by atoms with van der Waals surface area (Å²) in [7, 11) is 0. The molecule has 0 unspecified atom stereocenters. The number of anilines is 1. The molecule has 0 fully saturated rings. The summed E-state index contributed by atoms with van der Waals surface area (Å²) in [6, 6.07) is 15.6. The number of para-hydroxylation sites is 1. The average molecular weight is 385 g/mol. The zero-order valence-electron chi connectivity index (χ0n) is 15.7. The molecule has 1 amide bonds. The number of hydrogen-bond donors (Lipinski definition) is 1. The summed E-state index contributed by atoms with van der Waals surface area (Å²) in [5.41, 5.74) is 2.60. The topological polar surface area (TPSA) is 77.1 Å². The van der Waals surface area contributed by atoms with Crippen molar-refractivity contribution >= 4 is 22.6 Å². The van der Waals surface area contributed by atoms with Crippen molar-refractivity contribution in [2.24, 2.45) is 0 Å². The molecule has 144 valence electrons. The first-order valence-electron chi connectivity index (χ1n) is 9.68. The number of aryl methyl sites for hydroxylation is 2. The average Bonchev–Trinajstić information content (AvgIpc) is 3.18. The Morgan fingerprint density at radius 2 is 1.97 bits per heavy atom. The lowest BCUT2D eigenvalue weighted by molar-refractivity contribution is 0.0997. The smallest absolute Gasteiger partial charge is 0.291 e. The Bertz CT molecular complexity index is 1260. The van der Waals surface area contributed by atoms with Crippen molar-refractivity contribution in [2.45, 2.75) is 25.8 Å². The second kappa shape index (κ2) is 7.05. The van der Waals surface area contributed by atoms with Crippen LogP contribution in [0.2, 0.25) is 0 Å². The van der Waals surface area contributed by atoms with E-state index in [0.29, 0.717) is 16.7 Å². The number of nitrogens with zero attached hydrogens (tertiary/aromatic N) is 2. The van der Waals surface area contributed by atoms with Crippen LogP contribution in [-0.4, -0.2) is 15.5 Å². The maximum atomic E-state index is 12.7. The molecule has 5 rings (SSSR count). The van der Waals surface area contributed by atoms with Gasteiger partial charge in [0.05, 0.1) is 11.1 Å². The maximum absolute atomic E-state index is 12.7. The molecule has 29 heavy (non-hydrogen) atoms. The molecule has 1 aliphatic heterocycles. The largest absolute Gasteiger partial charge is 0.451 e. The molecule has 1 N–H and O–H groups in total. The first-order chi connectivity index (χ1) is 14.2. The standard InChI is InChI=1S/C23H19N3O3/c27-19-13-21(29-20-9-2-1-8-17(19)20)23(28)24-16-7-5-6-15(12-16)18-14-26-11-4-3-10-22(26)25-18/h1-2,5-9,12-14H,3-4,10-11H2,(H,24,28). The van der Waals surface area contributed by atoms with Crippen LogP contribution in [-0.2, 0) is 13.0 Å². The van der Waals surface area contributed by atoms with Crippen LogP contribution in [0.3, 0.4) is 0 Å². The Kier molecular flexibility index (Phi) is 4.24. The lowest BCUT2D eigenvalue weighted by Crippen LogP contribution is -2.15. The Morgan fingerprint density at radius 1 is 1.07 bits per heavy atom. The minimum atomic E-state index is -0.464. The number of hydrogen-bond acceptors (Lipinski definition) is 4. The number of fused-ring (bicyclic) bond motifs is 2. The van der Waals surface area contributed by atoms with E-state index in [0.717, 1.165) is 30.0 Å². The second-order valence-corrected chi connectivity index (χ2v) is 7.20. The van der Waals surface area contributed by atoms with Crippen LogP contribution in [0.25, 0.3) is 22.2 Å². The monoisotopic (exact) mass is 385 g/mol. The van der Waals surface area contributed by atoms with Crippen molar-refractivity contribution in [1.82, 2.24) is 9.55 Å². The normalized spacial score (nSPS) is 13.2. The third kappa shape index (κ3) is 3.33. The van der Waals surface area contributed by atoms with E-state index in [1.165, 1.54) is 18.9 Å². The number of aromatic nitrogens is 2. The van der Waals surface area contributed by atoms with Crippen LogP contribution in [0.15, 0.2) is 70.0 Å². The molecule has 0 saturated heterocycles. The molecule has 2 aromatic heterocycles. The number of carbonyl (C=O) groups excluding carboxylic acids is 1. The van der Waals surface area contributed by atoms with Gasteiger partial charge in [0, 0.05) is 36.5 Å². The number of amides is 1. The maximum Gasteiger partial charge on any atom is 0.291 e. The predicted octanol–water partition coefficient (Wildman–Crippen LogP) is 4.25. The molecule has 0 aliphatic carbocycles. The Hall–Kier alpha value is -3.67. The van der Waals surface area contributed by atoms with Gasteiger partial charge in [-0.25, -0.2) is 4.98 Å². The summed E-state index contributed by atoms with van der Waals surface area (Å²) >= 11 is 0. The van der Waals surface area contributed by atoms with Crippen LogP contribution in [0.5, 0.6) is 0 Å². The van der Waals surface area contributed by atoms with Gasteiger partial charge in [0.15, 0.2) is 11.2 Å². The molecule has 1 aliphatic rings. The summed E-state index contributed by atoms with van der Waals surface area (Å²) in [6.45, 7) is 1.000. The Morgan fingerprint density at radius 3 is 2.86 bits per heavy atom. The van der Waals surface area contributed by atoms with Crippen molar-refractivity contribution in [2.75, 3.05) is 5.32 Å². The van der Waals surface area contributed by atoms with Crippen LogP contribution in [0, 0.1) is 0 Å². The van der Waals surface area contributed by atoms with E-state index in [1.807, 2.05) is 18.2 Å². The van der Waals surface area contributed by atoms with Gasteiger partial charge in [-0.15, -0.1) is 0 Å². The van der Waals surface area contributed by atoms with E-state index in [9.17, 15) is 9.59 Å². The molecule has 0 atom stereocenters. The minimum Gasteiger partial charge on any atom is -0.451 e. The number of carbonyl (C=O) groups is 1. The Balaban J connectivity index is 1.42. The molecule has 3 heterocycles. The van der Waals surface area contributed by atoms with Crippen LogP contribution in [0.1, 0.15) is 29.2 Å². The van der Waals surface area contributed by atoms with Crippen LogP contribution in [0.4, 0.5) is 5.69 Å². The van der Waals surface area contributed by atoms with Gasteiger partial charge in [-0.2, -0.15) is 0 Å². The van der Waals surface area contributed by atoms with Gasteiger partial charge in [0.25, 0.3) is 5.91 Å². The molecule has 2 aromatic carbocycles. The van der Waals surface area contributed by atoms with E-state index < -0.39 is 5.91 Å². The lowest BCUT2D eigenvalue weighted by Gasteiger charge is -2.11. The van der Waals surface area contributed by atoms with E-state index in [2.05, 4.69) is 16.1 Å². The molecule has 0 bridgehead atoms. The van der Waals surface area contributed by atoms with Gasteiger partial charge >= 0.3 is 0 Å². The number of benzene rings is 2. The molecule has 0 spiro atoms. The molecule has 4 aromatic rings. The van der Waals surface area contributed by atoms with Crippen LogP contribution < -0.4 is 10.7 Å². The highest BCUT2D eigenvalue weighted by molar-refractivity contribution is 6.03. The molecule has 6 heteroatoms. The van der Waals surface area contributed by atoms with Gasteiger partial charge < -0.3 is 14.3 Å². The number of rotatable bonds is 3. The minimum absolute atomic E-state index is 0.0171. The summed E-state index contributed by atoms with van der Waals surface area (Å²) in [5, 5.41) is 3.27. The van der Waals surface area contributed by atoms with Gasteiger partial charge in [-0.1, -0.05) is 24.3 Å². The zero-order chi connectivity index (χ0) is 19.8. The highest BCUT2D eigenvalue weighted by Gasteiger charge is 2.15. The van der Waals surface area contributed by atoms with Gasteiger partial charge in [0.1, 0.15) is 11.4 Å². The van der Waals surface area contributed by atoms with E-state index >= 15 is 0 Å². The molecule has 6 nitrogen and oxygen atoms in total. The fourth-order valence-electron chi connectivity index (χ4n) is 3.72. The van der Waals surface area contributed by atoms with Crippen LogP contribution >= 0.6 is 0 Å². The fourth-order valence-corrected chi connectivity index (χ4v) is 3.72. The van der Waals surface area contributed by atoms with Gasteiger partial charge in [0.2, 0.25) is 0 Å². The summed E-state index contributed by atoms with van der Waals surface area (Å²) < 4.78 is 7.82. The molecular weight excluding hydrogens is 366 g/mol. The van der Waals surface area contributed by atoms with Gasteiger partial charge in [-0.3, -0.25) is 9.59 Å². The second-order valence-electron chi connectivity index (χ2n) is 7.20. The summed E-state index contributed by atoms with van der Waals surface area (Å²) in [4.78, 5) is 29.6. The highest BCUT2D eigenvalue weighted by atomic mass is 16.3. The number of nitrogens with one attached hydrogen (secondary N) is 1. The summed E-state index contributed by atoms with van der Waals surface area (Å²) in [6.07, 6.45) is 5.41.